The highest BCUT2D eigenvalue weighted by molar-refractivity contribution is 5.48. The minimum atomic E-state index is -0.445. The Balaban J connectivity index is 2.28. The Kier molecular flexibility index (Phi) is 2.45. The second kappa shape index (κ2) is 3.76. The van der Waals surface area contributed by atoms with Crippen molar-refractivity contribution in [3.05, 3.63) is 28.3 Å². The number of ether oxygens (including phenoxy) is 2. The predicted molar refractivity (Wildman–Crippen MR) is 53.3 cm³/mol. The van der Waals surface area contributed by atoms with Crippen LogP contribution in [0.25, 0.3) is 0 Å². The van der Waals surface area contributed by atoms with Gasteiger partial charge >= 0.3 is 0 Å². The van der Waals surface area contributed by atoms with Crippen molar-refractivity contribution < 1.29 is 14.4 Å². The van der Waals surface area contributed by atoms with E-state index in [1.807, 2.05) is 0 Å². The van der Waals surface area contributed by atoms with E-state index in [9.17, 15) is 10.1 Å². The van der Waals surface area contributed by atoms with Crippen LogP contribution < -0.4 is 9.47 Å². The van der Waals surface area contributed by atoms with Gasteiger partial charge in [0.1, 0.15) is 0 Å². The fourth-order valence-corrected chi connectivity index (χ4v) is 1.24. The van der Waals surface area contributed by atoms with Crippen LogP contribution in [0.3, 0.4) is 0 Å². The molecule has 0 unspecified atom stereocenters. The van der Waals surface area contributed by atoms with Crippen LogP contribution in [0.15, 0.2) is 18.2 Å². The topological polar surface area (TPSA) is 61.6 Å². The summed E-state index contributed by atoms with van der Waals surface area (Å²) in [4.78, 5) is 10.1. The highest BCUT2D eigenvalue weighted by Crippen LogP contribution is 2.35. The summed E-state index contributed by atoms with van der Waals surface area (Å²) >= 11 is 0. The van der Waals surface area contributed by atoms with Crippen molar-refractivity contribution in [3.63, 3.8) is 0 Å². The number of nitrogens with zero attached hydrogens (tertiary/aromatic N) is 1. The largest absolute Gasteiger partial charge is 0.493 e. The first-order valence-electron chi connectivity index (χ1n) is 4.70. The van der Waals surface area contributed by atoms with Crippen molar-refractivity contribution in [2.24, 2.45) is 0 Å². The second-order valence-electron chi connectivity index (χ2n) is 3.41. The fourth-order valence-electron chi connectivity index (χ4n) is 1.24. The lowest BCUT2D eigenvalue weighted by Crippen LogP contribution is -1.99. The summed E-state index contributed by atoms with van der Waals surface area (Å²) in [5.74, 6) is 0.988. The zero-order valence-corrected chi connectivity index (χ0v) is 8.30. The first-order chi connectivity index (χ1) is 7.20. The van der Waals surface area contributed by atoms with E-state index < -0.39 is 4.92 Å². The number of hydrogen-bond acceptors (Lipinski definition) is 4. The molecule has 0 aliphatic heterocycles. The van der Waals surface area contributed by atoms with Gasteiger partial charge < -0.3 is 9.47 Å². The van der Waals surface area contributed by atoms with Crippen molar-refractivity contribution in [2.75, 3.05) is 7.11 Å². The molecule has 0 bridgehead atoms. The molecule has 80 valence electrons. The lowest BCUT2D eigenvalue weighted by molar-refractivity contribution is -0.385. The van der Waals surface area contributed by atoms with Gasteiger partial charge in [0.2, 0.25) is 0 Å². The van der Waals surface area contributed by atoms with Crippen molar-refractivity contribution in [2.45, 2.75) is 18.9 Å². The maximum atomic E-state index is 10.6. The number of nitro benzene ring substituents is 1. The maximum absolute atomic E-state index is 10.6. The molecular weight excluding hydrogens is 198 g/mol. The van der Waals surface area contributed by atoms with Crippen LogP contribution in [-0.4, -0.2) is 18.1 Å². The van der Waals surface area contributed by atoms with Crippen LogP contribution in [0.5, 0.6) is 11.5 Å². The minimum absolute atomic E-state index is 0.0199. The molecule has 0 heterocycles. The molecule has 0 spiro atoms. The predicted octanol–water partition coefficient (Wildman–Crippen LogP) is 2.14. The van der Waals surface area contributed by atoms with Gasteiger partial charge in [-0.3, -0.25) is 10.1 Å². The Hall–Kier alpha value is -1.78. The average molecular weight is 209 g/mol. The molecule has 0 radical (unpaired) electrons. The summed E-state index contributed by atoms with van der Waals surface area (Å²) in [6.07, 6.45) is 2.21. The Morgan fingerprint density at radius 3 is 2.67 bits per heavy atom. The normalized spacial score (nSPS) is 14.7. The number of benzene rings is 1. The monoisotopic (exact) mass is 209 g/mol. The Morgan fingerprint density at radius 2 is 2.13 bits per heavy atom. The molecule has 5 heteroatoms. The van der Waals surface area contributed by atoms with Gasteiger partial charge in [0.25, 0.3) is 5.69 Å². The molecule has 15 heavy (non-hydrogen) atoms. The SMILES string of the molecule is COc1ccc([N+](=O)[O-])cc1OC1CC1. The number of nitro groups is 1. The van der Waals surface area contributed by atoms with E-state index in [0.717, 1.165) is 12.8 Å². The maximum Gasteiger partial charge on any atom is 0.273 e. The smallest absolute Gasteiger partial charge is 0.273 e. The lowest BCUT2D eigenvalue weighted by atomic mass is 10.3. The Bertz CT molecular complexity index is 387. The Labute approximate surface area is 86.8 Å². The van der Waals surface area contributed by atoms with Crippen molar-refractivity contribution in [1.82, 2.24) is 0 Å². The van der Waals surface area contributed by atoms with Crippen LogP contribution in [0.2, 0.25) is 0 Å². The van der Waals surface area contributed by atoms with E-state index in [1.165, 1.54) is 19.2 Å². The molecular formula is C10H11NO4. The van der Waals surface area contributed by atoms with Crippen LogP contribution in [0.1, 0.15) is 12.8 Å². The van der Waals surface area contributed by atoms with E-state index in [2.05, 4.69) is 0 Å². The molecule has 2 rings (SSSR count). The fraction of sp³-hybridized carbons (Fsp3) is 0.400. The van der Waals surface area contributed by atoms with Gasteiger partial charge in [-0.15, -0.1) is 0 Å². The van der Waals surface area contributed by atoms with Crippen molar-refractivity contribution in [1.29, 1.82) is 0 Å². The van der Waals surface area contributed by atoms with Gasteiger partial charge in [-0.05, 0) is 18.9 Å². The summed E-state index contributed by atoms with van der Waals surface area (Å²) in [6.45, 7) is 0. The van der Waals surface area contributed by atoms with Gasteiger partial charge in [0, 0.05) is 6.07 Å². The van der Waals surface area contributed by atoms with Crippen molar-refractivity contribution >= 4 is 5.69 Å². The molecule has 0 amide bonds. The van der Waals surface area contributed by atoms with Gasteiger partial charge in [-0.2, -0.15) is 0 Å². The van der Waals surface area contributed by atoms with Gasteiger partial charge in [0.15, 0.2) is 11.5 Å². The third-order valence-corrected chi connectivity index (χ3v) is 2.18. The quantitative estimate of drug-likeness (QED) is 0.563. The molecule has 1 fully saturated rings. The standard InChI is InChI=1S/C10H11NO4/c1-14-9-5-2-7(11(12)13)6-10(9)15-8-3-4-8/h2,5-6,8H,3-4H2,1H3. The van der Waals surface area contributed by atoms with Gasteiger partial charge in [-0.25, -0.2) is 0 Å². The highest BCUT2D eigenvalue weighted by atomic mass is 16.6. The van der Waals surface area contributed by atoms with Gasteiger partial charge in [0.05, 0.1) is 24.2 Å². The van der Waals surface area contributed by atoms with Crippen LogP contribution >= 0.6 is 0 Å². The van der Waals surface area contributed by atoms with Gasteiger partial charge in [-0.1, -0.05) is 0 Å². The first-order valence-corrected chi connectivity index (χ1v) is 4.70. The summed E-state index contributed by atoms with van der Waals surface area (Å²) in [7, 11) is 1.51. The number of non-ortho nitro benzene ring substituents is 1. The molecule has 1 aromatic rings. The number of hydrogen-bond donors (Lipinski definition) is 0. The van der Waals surface area contributed by atoms with E-state index in [0.29, 0.717) is 11.5 Å². The van der Waals surface area contributed by atoms with Crippen LogP contribution in [-0.2, 0) is 0 Å². The number of rotatable bonds is 4. The van der Waals surface area contributed by atoms with E-state index in [4.69, 9.17) is 9.47 Å². The second-order valence-corrected chi connectivity index (χ2v) is 3.41. The third kappa shape index (κ3) is 2.18. The summed E-state index contributed by atoms with van der Waals surface area (Å²) in [5, 5.41) is 10.6. The molecule has 1 aliphatic rings. The van der Waals surface area contributed by atoms with E-state index in [1.54, 1.807) is 6.07 Å². The molecule has 0 atom stereocenters. The molecule has 1 saturated carbocycles. The lowest BCUT2D eigenvalue weighted by Gasteiger charge is -2.08. The Morgan fingerprint density at radius 1 is 1.40 bits per heavy atom. The minimum Gasteiger partial charge on any atom is -0.493 e. The zero-order valence-electron chi connectivity index (χ0n) is 8.30. The summed E-state index contributed by atoms with van der Waals surface area (Å²) in [5.41, 5.74) is 0.0199. The molecule has 0 saturated heterocycles. The first kappa shape index (κ1) is 9.76. The molecule has 5 nitrogen and oxygen atoms in total. The molecule has 0 N–H and O–H groups in total. The molecule has 0 aromatic heterocycles. The zero-order chi connectivity index (χ0) is 10.8. The van der Waals surface area contributed by atoms with Crippen LogP contribution in [0, 0.1) is 10.1 Å². The summed E-state index contributed by atoms with van der Waals surface area (Å²) < 4.78 is 10.6. The van der Waals surface area contributed by atoms with Crippen LogP contribution in [0.4, 0.5) is 5.69 Å². The molecule has 1 aromatic carbocycles. The summed E-state index contributed by atoms with van der Waals surface area (Å²) in [6, 6.07) is 4.35. The highest BCUT2D eigenvalue weighted by Gasteiger charge is 2.25. The molecule has 1 aliphatic carbocycles. The van der Waals surface area contributed by atoms with E-state index >= 15 is 0 Å². The van der Waals surface area contributed by atoms with E-state index in [-0.39, 0.29) is 11.8 Å². The van der Waals surface area contributed by atoms with Crippen molar-refractivity contribution in [3.8, 4) is 11.5 Å². The third-order valence-electron chi connectivity index (χ3n) is 2.18. The average Bonchev–Trinajstić information content (AvgIpc) is 3.01. The number of methoxy groups -OCH3 is 1.